The number of methoxy groups -OCH3 is 1. The van der Waals surface area contributed by atoms with Crippen molar-refractivity contribution in [1.82, 2.24) is 0 Å². The molecule has 0 heterocycles. The fourth-order valence-corrected chi connectivity index (χ4v) is 2.13. The first-order chi connectivity index (χ1) is 8.10. The van der Waals surface area contributed by atoms with E-state index in [4.69, 9.17) is 10.00 Å². The maximum atomic E-state index is 11.7. The summed E-state index contributed by atoms with van der Waals surface area (Å²) < 4.78 is 5.08. The van der Waals surface area contributed by atoms with Crippen LogP contribution < -0.4 is 4.74 Å². The fourth-order valence-electron chi connectivity index (χ4n) is 1.18. The second-order valence-electron chi connectivity index (χ2n) is 3.24. The van der Waals surface area contributed by atoms with Gasteiger partial charge in [0.1, 0.15) is 5.75 Å². The molecule has 1 aromatic rings. The van der Waals surface area contributed by atoms with Crippen LogP contribution in [-0.2, 0) is 9.59 Å². The van der Waals surface area contributed by atoms with Gasteiger partial charge in [0.15, 0.2) is 11.7 Å². The Morgan fingerprint density at radius 2 is 2.06 bits per heavy atom. The van der Waals surface area contributed by atoms with Crippen LogP contribution in [0.3, 0.4) is 0 Å². The number of carbonyl (C=O) groups is 2. The summed E-state index contributed by atoms with van der Waals surface area (Å²) in [5.74, 6) is -1.11. The first-order valence-electron chi connectivity index (χ1n) is 4.85. The number of ether oxygens (including phenoxy) is 1. The minimum Gasteiger partial charge on any atom is -0.496 e. The van der Waals surface area contributed by atoms with E-state index in [1.165, 1.54) is 14.0 Å². The monoisotopic (exact) mass is 249 g/mol. The van der Waals surface area contributed by atoms with Crippen LogP contribution in [0.2, 0.25) is 0 Å². The molecule has 0 bridgehead atoms. The second kappa shape index (κ2) is 6.06. The number of nitriles is 1. The molecule has 0 saturated carbocycles. The van der Waals surface area contributed by atoms with Gasteiger partial charge in [-0.05, 0) is 30.8 Å². The first kappa shape index (κ1) is 13.3. The van der Waals surface area contributed by atoms with Gasteiger partial charge in [-0.2, -0.15) is 5.26 Å². The van der Waals surface area contributed by atoms with Crippen LogP contribution in [0, 0.1) is 17.2 Å². The van der Waals surface area contributed by atoms with Crippen LogP contribution in [0.4, 0.5) is 0 Å². The molecule has 17 heavy (non-hydrogen) atoms. The highest BCUT2D eigenvalue weighted by atomic mass is 32.2. The lowest BCUT2D eigenvalue weighted by Crippen LogP contribution is -2.17. The highest BCUT2D eigenvalue weighted by Gasteiger charge is 2.24. The third kappa shape index (κ3) is 3.33. The SMILES string of the molecule is COc1ccccc1SC(=O)C(C#N)C(C)=O. The summed E-state index contributed by atoms with van der Waals surface area (Å²) in [7, 11) is 1.50. The van der Waals surface area contributed by atoms with E-state index in [-0.39, 0.29) is 0 Å². The molecule has 0 aliphatic heterocycles. The number of hydrogen-bond acceptors (Lipinski definition) is 5. The maximum Gasteiger partial charge on any atom is 0.218 e. The molecular weight excluding hydrogens is 238 g/mol. The van der Waals surface area contributed by atoms with E-state index in [1.807, 2.05) is 0 Å². The molecule has 88 valence electrons. The first-order valence-corrected chi connectivity index (χ1v) is 5.66. The highest BCUT2D eigenvalue weighted by molar-refractivity contribution is 8.13. The van der Waals surface area contributed by atoms with E-state index >= 15 is 0 Å². The van der Waals surface area contributed by atoms with Crippen LogP contribution in [0.25, 0.3) is 0 Å². The summed E-state index contributed by atoms with van der Waals surface area (Å²) in [6.07, 6.45) is 0. The molecular formula is C12H11NO3S. The number of carbonyl (C=O) groups excluding carboxylic acids is 2. The predicted molar refractivity (Wildman–Crippen MR) is 63.6 cm³/mol. The number of hydrogen-bond donors (Lipinski definition) is 0. The van der Waals surface area contributed by atoms with Gasteiger partial charge in [0, 0.05) is 0 Å². The molecule has 0 saturated heterocycles. The van der Waals surface area contributed by atoms with Crippen LogP contribution >= 0.6 is 11.8 Å². The van der Waals surface area contributed by atoms with Crippen molar-refractivity contribution in [1.29, 1.82) is 5.26 Å². The Morgan fingerprint density at radius 1 is 1.41 bits per heavy atom. The van der Waals surface area contributed by atoms with Crippen molar-refractivity contribution in [3.63, 3.8) is 0 Å². The van der Waals surface area contributed by atoms with Gasteiger partial charge in [-0.3, -0.25) is 9.59 Å². The Morgan fingerprint density at radius 3 is 2.59 bits per heavy atom. The predicted octanol–water partition coefficient (Wildman–Crippen LogP) is 2.04. The summed E-state index contributed by atoms with van der Waals surface area (Å²) in [5.41, 5.74) is 0. The van der Waals surface area contributed by atoms with Gasteiger partial charge in [0.25, 0.3) is 0 Å². The number of ketones is 1. The van der Waals surface area contributed by atoms with E-state index < -0.39 is 16.8 Å². The molecule has 1 unspecified atom stereocenters. The van der Waals surface area contributed by atoms with Crippen LogP contribution in [-0.4, -0.2) is 18.0 Å². The summed E-state index contributed by atoms with van der Waals surface area (Å²) in [6.45, 7) is 1.23. The Hall–Kier alpha value is -1.80. The molecule has 1 atom stereocenters. The summed E-state index contributed by atoms with van der Waals surface area (Å²) in [4.78, 5) is 23.4. The van der Waals surface area contributed by atoms with Crippen molar-refractivity contribution >= 4 is 22.7 Å². The number of rotatable bonds is 4. The third-order valence-corrected chi connectivity index (χ3v) is 3.05. The lowest BCUT2D eigenvalue weighted by atomic mass is 10.1. The summed E-state index contributed by atoms with van der Waals surface area (Å²) >= 11 is 0.849. The second-order valence-corrected chi connectivity index (χ2v) is 4.29. The average molecular weight is 249 g/mol. The highest BCUT2D eigenvalue weighted by Crippen LogP contribution is 2.31. The van der Waals surface area contributed by atoms with E-state index in [9.17, 15) is 9.59 Å². The molecule has 5 heteroatoms. The van der Waals surface area contributed by atoms with Crippen molar-refractivity contribution in [3.05, 3.63) is 24.3 Å². The Bertz CT molecular complexity index is 479. The largest absolute Gasteiger partial charge is 0.496 e. The van der Waals surface area contributed by atoms with Crippen molar-refractivity contribution in [2.45, 2.75) is 11.8 Å². The van der Waals surface area contributed by atoms with E-state index in [0.717, 1.165) is 11.8 Å². The van der Waals surface area contributed by atoms with Crippen LogP contribution in [0.1, 0.15) is 6.92 Å². The lowest BCUT2D eigenvalue weighted by molar-refractivity contribution is -0.124. The zero-order valence-electron chi connectivity index (χ0n) is 9.47. The lowest BCUT2D eigenvalue weighted by Gasteiger charge is -2.07. The van der Waals surface area contributed by atoms with Crippen molar-refractivity contribution < 1.29 is 14.3 Å². The van der Waals surface area contributed by atoms with E-state index in [0.29, 0.717) is 10.6 Å². The van der Waals surface area contributed by atoms with Gasteiger partial charge in [-0.25, -0.2) is 0 Å². The number of para-hydroxylation sites is 1. The normalized spacial score (nSPS) is 11.4. The number of benzene rings is 1. The van der Waals surface area contributed by atoms with Gasteiger partial charge >= 0.3 is 0 Å². The number of Topliss-reactive ketones (excluding diaryl/α,β-unsaturated/α-hetero) is 1. The minimum absolute atomic E-state index is 0.445. The molecule has 0 fully saturated rings. The fraction of sp³-hybridized carbons (Fsp3) is 0.250. The van der Waals surface area contributed by atoms with Crippen LogP contribution in [0.15, 0.2) is 29.2 Å². The molecule has 0 N–H and O–H groups in total. The zero-order valence-corrected chi connectivity index (χ0v) is 10.3. The molecule has 0 radical (unpaired) electrons. The molecule has 0 aromatic heterocycles. The average Bonchev–Trinajstić information content (AvgIpc) is 2.30. The van der Waals surface area contributed by atoms with Gasteiger partial charge in [-0.15, -0.1) is 0 Å². The van der Waals surface area contributed by atoms with Gasteiger partial charge < -0.3 is 4.74 Å². The standard InChI is InChI=1S/C12H11NO3S/c1-8(14)9(7-13)12(15)17-11-6-4-3-5-10(11)16-2/h3-6,9H,1-2H3. The topological polar surface area (TPSA) is 67.2 Å². The minimum atomic E-state index is -1.22. The Labute approximate surface area is 104 Å². The number of nitrogens with zero attached hydrogens (tertiary/aromatic N) is 1. The van der Waals surface area contributed by atoms with Gasteiger partial charge in [0.2, 0.25) is 5.12 Å². The Balaban J connectivity index is 2.88. The zero-order chi connectivity index (χ0) is 12.8. The van der Waals surface area contributed by atoms with Gasteiger partial charge in [0.05, 0.1) is 18.1 Å². The van der Waals surface area contributed by atoms with E-state index in [1.54, 1.807) is 30.3 Å². The smallest absolute Gasteiger partial charge is 0.218 e. The quantitative estimate of drug-likeness (QED) is 0.603. The molecule has 4 nitrogen and oxygen atoms in total. The summed E-state index contributed by atoms with van der Waals surface area (Å²) in [5, 5.41) is 8.25. The maximum absolute atomic E-state index is 11.7. The third-order valence-electron chi connectivity index (χ3n) is 2.05. The van der Waals surface area contributed by atoms with Crippen LogP contribution in [0.5, 0.6) is 5.75 Å². The van der Waals surface area contributed by atoms with Crippen molar-refractivity contribution in [2.75, 3.05) is 7.11 Å². The van der Waals surface area contributed by atoms with E-state index in [2.05, 4.69) is 0 Å². The van der Waals surface area contributed by atoms with Crippen molar-refractivity contribution in [3.8, 4) is 11.8 Å². The molecule has 1 aromatic carbocycles. The van der Waals surface area contributed by atoms with Crippen molar-refractivity contribution in [2.24, 2.45) is 5.92 Å². The summed E-state index contributed by atoms with van der Waals surface area (Å²) in [6, 6.07) is 8.65. The molecule has 0 spiro atoms. The number of thioether (sulfide) groups is 1. The Kier molecular flexibility index (Phi) is 4.73. The molecule has 0 aliphatic carbocycles. The molecule has 0 aliphatic rings. The molecule has 0 amide bonds. The molecule has 1 rings (SSSR count). The van der Waals surface area contributed by atoms with Gasteiger partial charge in [-0.1, -0.05) is 12.1 Å².